The maximum absolute atomic E-state index is 5.87. The average Bonchev–Trinajstić information content (AvgIpc) is 3.22. The van der Waals surface area contributed by atoms with E-state index in [0.717, 1.165) is 20.6 Å². The first-order chi connectivity index (χ1) is 10.8. The van der Waals surface area contributed by atoms with Crippen LogP contribution in [0.2, 0.25) is 5.02 Å². The normalized spacial score (nSPS) is 11.7. The van der Waals surface area contributed by atoms with E-state index in [9.17, 15) is 0 Å². The molecule has 3 aromatic heterocycles. The molecule has 7 heteroatoms. The van der Waals surface area contributed by atoms with Gasteiger partial charge in [-0.1, -0.05) is 41.1 Å². The van der Waals surface area contributed by atoms with Crippen molar-refractivity contribution >= 4 is 40.1 Å². The van der Waals surface area contributed by atoms with Gasteiger partial charge in [0.25, 0.3) is 0 Å². The Labute approximate surface area is 134 Å². The highest BCUT2D eigenvalue weighted by Gasteiger charge is 2.14. The summed E-state index contributed by atoms with van der Waals surface area (Å²) in [5.74, 6) is 1.24. The molecule has 1 aromatic carbocycles. The molecule has 4 rings (SSSR count). The van der Waals surface area contributed by atoms with Crippen LogP contribution in [0.5, 0.6) is 0 Å². The van der Waals surface area contributed by atoms with Crippen LogP contribution in [0.1, 0.15) is 10.6 Å². The van der Waals surface area contributed by atoms with Crippen molar-refractivity contribution in [1.82, 2.24) is 19.8 Å². The molecule has 0 amide bonds. The van der Waals surface area contributed by atoms with Gasteiger partial charge in [0.05, 0.1) is 6.26 Å². The first kappa shape index (κ1) is 13.2. The van der Waals surface area contributed by atoms with Crippen LogP contribution in [0, 0.1) is 0 Å². The monoisotopic (exact) mass is 328 g/mol. The molecule has 3 heterocycles. The molecule has 22 heavy (non-hydrogen) atoms. The summed E-state index contributed by atoms with van der Waals surface area (Å²) in [7, 11) is 0. The van der Waals surface area contributed by atoms with Crippen molar-refractivity contribution in [3.63, 3.8) is 0 Å². The summed E-state index contributed by atoms with van der Waals surface area (Å²) in [5, 5.41) is 14.3. The van der Waals surface area contributed by atoms with E-state index >= 15 is 0 Å². The Bertz CT molecular complexity index is 938. The molecule has 0 bridgehead atoms. The minimum absolute atomic E-state index is 0.599. The number of halogens is 1. The topological polar surface area (TPSA) is 56.2 Å². The van der Waals surface area contributed by atoms with Gasteiger partial charge in [0.1, 0.15) is 5.01 Å². The van der Waals surface area contributed by atoms with E-state index in [1.807, 2.05) is 48.6 Å². The molecule has 108 valence electrons. The molecule has 0 spiro atoms. The number of furan rings is 1. The fourth-order valence-corrected chi connectivity index (χ4v) is 2.87. The zero-order chi connectivity index (χ0) is 14.9. The number of nitrogens with zero attached hydrogens (tertiary/aromatic N) is 4. The Morgan fingerprint density at radius 2 is 1.95 bits per heavy atom. The van der Waals surface area contributed by atoms with Crippen LogP contribution in [-0.2, 0) is 0 Å². The maximum Gasteiger partial charge on any atom is 0.235 e. The van der Waals surface area contributed by atoms with Crippen LogP contribution in [0.25, 0.3) is 28.7 Å². The Kier molecular flexibility index (Phi) is 3.25. The van der Waals surface area contributed by atoms with E-state index in [0.29, 0.717) is 11.6 Å². The summed E-state index contributed by atoms with van der Waals surface area (Å²) >= 11 is 7.33. The molecule has 0 unspecified atom stereocenters. The lowest BCUT2D eigenvalue weighted by Gasteiger charge is -1.92. The van der Waals surface area contributed by atoms with Crippen LogP contribution in [-0.4, -0.2) is 19.8 Å². The number of hydrogen-bond acceptors (Lipinski definition) is 5. The minimum atomic E-state index is 0.599. The second-order valence-corrected chi connectivity index (χ2v) is 5.94. The van der Waals surface area contributed by atoms with Gasteiger partial charge in [-0.25, -0.2) is 0 Å². The van der Waals surface area contributed by atoms with Gasteiger partial charge in [-0.2, -0.15) is 9.61 Å². The van der Waals surface area contributed by atoms with E-state index in [1.54, 1.807) is 10.8 Å². The lowest BCUT2D eigenvalue weighted by Crippen LogP contribution is -1.89. The van der Waals surface area contributed by atoms with E-state index in [2.05, 4.69) is 15.3 Å². The summed E-state index contributed by atoms with van der Waals surface area (Å²) in [4.78, 5) is 0.724. The SMILES string of the molecule is Clc1ccc(C=Cc2nn3c(-c4ccco4)nnc3s2)cc1. The molecular formula is C15H9ClN4OS. The predicted octanol–water partition coefficient (Wildman–Crippen LogP) is 4.27. The standard InChI is InChI=1S/C15H9ClN4OS/c16-11-6-3-10(4-7-11)5-8-13-19-20-14(12-2-1-9-21-12)17-18-15(20)22-13/h1-9H. The Morgan fingerprint density at radius 3 is 2.73 bits per heavy atom. The highest BCUT2D eigenvalue weighted by atomic mass is 35.5. The largest absolute Gasteiger partial charge is 0.461 e. The zero-order valence-corrected chi connectivity index (χ0v) is 12.8. The molecule has 0 aliphatic carbocycles. The van der Waals surface area contributed by atoms with E-state index in [-0.39, 0.29) is 0 Å². The van der Waals surface area contributed by atoms with Crippen LogP contribution in [0.3, 0.4) is 0 Å². The number of aromatic nitrogens is 4. The Hall–Kier alpha value is -2.44. The van der Waals surface area contributed by atoms with Crippen molar-refractivity contribution in [1.29, 1.82) is 0 Å². The molecule has 0 N–H and O–H groups in total. The zero-order valence-electron chi connectivity index (χ0n) is 11.2. The van der Waals surface area contributed by atoms with E-state index in [1.165, 1.54) is 11.3 Å². The third-order valence-corrected chi connectivity index (χ3v) is 4.15. The molecule has 0 fully saturated rings. The van der Waals surface area contributed by atoms with Gasteiger partial charge in [0.15, 0.2) is 5.76 Å². The lowest BCUT2D eigenvalue weighted by molar-refractivity contribution is 0.575. The van der Waals surface area contributed by atoms with Gasteiger partial charge in [-0.3, -0.25) is 0 Å². The van der Waals surface area contributed by atoms with Crippen LogP contribution in [0.4, 0.5) is 0 Å². The lowest BCUT2D eigenvalue weighted by atomic mass is 10.2. The minimum Gasteiger partial charge on any atom is -0.461 e. The molecule has 0 saturated carbocycles. The highest BCUT2D eigenvalue weighted by molar-refractivity contribution is 7.17. The average molecular weight is 329 g/mol. The summed E-state index contributed by atoms with van der Waals surface area (Å²) in [5.41, 5.74) is 1.06. The summed E-state index contributed by atoms with van der Waals surface area (Å²) in [6.07, 6.45) is 5.52. The smallest absolute Gasteiger partial charge is 0.235 e. The van der Waals surface area contributed by atoms with Crippen LogP contribution < -0.4 is 0 Å². The van der Waals surface area contributed by atoms with E-state index in [4.69, 9.17) is 16.0 Å². The molecule has 0 aliphatic heterocycles. The maximum atomic E-state index is 5.87. The van der Waals surface area contributed by atoms with Crippen molar-refractivity contribution in [2.45, 2.75) is 0 Å². The van der Waals surface area contributed by atoms with Crippen LogP contribution in [0.15, 0.2) is 47.1 Å². The number of hydrogen-bond donors (Lipinski definition) is 0. The first-order valence-corrected chi connectivity index (χ1v) is 7.69. The molecule has 0 radical (unpaired) electrons. The summed E-state index contributed by atoms with van der Waals surface area (Å²) < 4.78 is 7.03. The number of rotatable bonds is 3. The predicted molar refractivity (Wildman–Crippen MR) is 86.7 cm³/mol. The van der Waals surface area contributed by atoms with E-state index < -0.39 is 0 Å². The molecule has 0 saturated heterocycles. The Balaban J connectivity index is 1.67. The van der Waals surface area contributed by atoms with Gasteiger partial charge < -0.3 is 4.42 Å². The van der Waals surface area contributed by atoms with Gasteiger partial charge in [0, 0.05) is 5.02 Å². The van der Waals surface area contributed by atoms with Crippen molar-refractivity contribution in [3.05, 3.63) is 58.3 Å². The number of benzene rings is 1. The quantitative estimate of drug-likeness (QED) is 0.563. The summed E-state index contributed by atoms with van der Waals surface area (Å²) in [6.45, 7) is 0. The van der Waals surface area contributed by atoms with Gasteiger partial charge in [-0.15, -0.1) is 10.2 Å². The van der Waals surface area contributed by atoms with Crippen molar-refractivity contribution < 1.29 is 4.42 Å². The van der Waals surface area contributed by atoms with Gasteiger partial charge >= 0.3 is 0 Å². The van der Waals surface area contributed by atoms with Crippen molar-refractivity contribution in [2.75, 3.05) is 0 Å². The fourth-order valence-electron chi connectivity index (χ4n) is 2.00. The molecule has 0 atom stereocenters. The highest BCUT2D eigenvalue weighted by Crippen LogP contribution is 2.23. The molecule has 4 aromatic rings. The third kappa shape index (κ3) is 2.43. The molecular weight excluding hydrogens is 320 g/mol. The first-order valence-electron chi connectivity index (χ1n) is 6.49. The van der Waals surface area contributed by atoms with Crippen molar-refractivity contribution in [3.8, 4) is 11.6 Å². The second kappa shape index (κ2) is 5.40. The van der Waals surface area contributed by atoms with Gasteiger partial charge in [-0.05, 0) is 35.9 Å². The summed E-state index contributed by atoms with van der Waals surface area (Å²) in [6, 6.07) is 11.3. The van der Waals surface area contributed by atoms with Crippen molar-refractivity contribution in [2.24, 2.45) is 0 Å². The third-order valence-electron chi connectivity index (χ3n) is 3.04. The molecule has 5 nitrogen and oxygen atoms in total. The fraction of sp³-hybridized carbons (Fsp3) is 0. The second-order valence-electron chi connectivity index (χ2n) is 4.52. The Morgan fingerprint density at radius 1 is 1.09 bits per heavy atom. The van der Waals surface area contributed by atoms with Gasteiger partial charge in [0.2, 0.25) is 10.8 Å². The number of fused-ring (bicyclic) bond motifs is 1. The van der Waals surface area contributed by atoms with Crippen LogP contribution >= 0.6 is 22.9 Å². The molecule has 0 aliphatic rings.